The van der Waals surface area contributed by atoms with Crippen molar-refractivity contribution in [3.05, 3.63) is 90.2 Å². The van der Waals surface area contributed by atoms with Gasteiger partial charge in [0.05, 0.1) is 18.7 Å². The summed E-state index contributed by atoms with van der Waals surface area (Å²) in [5.74, 6) is -0.635. The van der Waals surface area contributed by atoms with Gasteiger partial charge >= 0.3 is 6.03 Å². The molecular weight excluding hydrogens is 421 g/mol. The predicted octanol–water partition coefficient (Wildman–Crippen LogP) is 3.70. The van der Waals surface area contributed by atoms with Gasteiger partial charge in [-0.1, -0.05) is 54.6 Å². The Kier molecular flexibility index (Phi) is 5.56. The first-order valence-corrected chi connectivity index (χ1v) is 10.9. The summed E-state index contributed by atoms with van der Waals surface area (Å²) in [6.45, 7) is 0.176. The molecule has 7 heteroatoms. The SMILES string of the molecule is O=C(Nc1ccc(F)cc1)N1CC(=O)N2[C@H](CO)[C@H](c3ccc(-c4ccccc4)cc3)[C@@H]2C1. The van der Waals surface area contributed by atoms with Crippen LogP contribution in [0.2, 0.25) is 0 Å². The number of hydrogen-bond donors (Lipinski definition) is 2. The van der Waals surface area contributed by atoms with E-state index in [0.29, 0.717) is 12.2 Å². The standard InChI is InChI=1S/C26H24FN3O3/c27-20-10-12-21(13-11-20)28-26(33)29-14-22-25(23(16-31)30(22)24(32)15-29)19-8-6-18(7-9-19)17-4-2-1-3-5-17/h1-13,22-23,25,31H,14-16H2,(H,28,33)/t22-,23+,25+/m0/s1. The molecule has 2 fully saturated rings. The second kappa shape index (κ2) is 8.67. The van der Waals surface area contributed by atoms with Crippen LogP contribution >= 0.6 is 0 Å². The molecule has 3 aromatic rings. The van der Waals surface area contributed by atoms with E-state index in [2.05, 4.69) is 5.32 Å². The normalized spacial score (nSPS) is 21.9. The third-order valence-electron chi connectivity index (χ3n) is 6.54. The molecule has 0 aromatic heterocycles. The highest BCUT2D eigenvalue weighted by Crippen LogP contribution is 2.43. The number of anilines is 1. The summed E-state index contributed by atoms with van der Waals surface area (Å²) in [6.07, 6.45) is 0. The van der Waals surface area contributed by atoms with E-state index in [9.17, 15) is 19.1 Å². The largest absolute Gasteiger partial charge is 0.394 e. The highest BCUT2D eigenvalue weighted by Gasteiger charge is 2.54. The van der Waals surface area contributed by atoms with Crippen molar-refractivity contribution in [2.75, 3.05) is 25.0 Å². The zero-order valence-corrected chi connectivity index (χ0v) is 17.9. The van der Waals surface area contributed by atoms with Gasteiger partial charge < -0.3 is 20.2 Å². The number of hydrogen-bond acceptors (Lipinski definition) is 3. The Balaban J connectivity index is 1.33. The van der Waals surface area contributed by atoms with Crippen LogP contribution in [0, 0.1) is 5.82 Å². The number of fused-ring (bicyclic) bond motifs is 1. The Hall–Kier alpha value is -3.71. The maximum atomic E-state index is 13.1. The first kappa shape index (κ1) is 21.2. The minimum absolute atomic E-state index is 0.0559. The summed E-state index contributed by atoms with van der Waals surface area (Å²) in [5, 5.41) is 12.7. The fourth-order valence-corrected chi connectivity index (χ4v) is 4.92. The molecule has 0 spiro atoms. The summed E-state index contributed by atoms with van der Waals surface area (Å²) in [6, 6.07) is 22.8. The summed E-state index contributed by atoms with van der Waals surface area (Å²) in [5.41, 5.74) is 3.71. The minimum atomic E-state index is -0.403. The molecule has 0 saturated carbocycles. The number of nitrogens with zero attached hydrogens (tertiary/aromatic N) is 2. The number of urea groups is 1. The Morgan fingerprint density at radius 3 is 2.30 bits per heavy atom. The lowest BCUT2D eigenvalue weighted by atomic mass is 9.73. The lowest BCUT2D eigenvalue weighted by molar-refractivity contribution is -0.159. The van der Waals surface area contributed by atoms with Gasteiger partial charge in [-0.25, -0.2) is 9.18 Å². The van der Waals surface area contributed by atoms with E-state index in [4.69, 9.17) is 0 Å². The van der Waals surface area contributed by atoms with E-state index in [1.54, 1.807) is 4.90 Å². The number of nitrogens with one attached hydrogen (secondary N) is 1. The van der Waals surface area contributed by atoms with Crippen LogP contribution < -0.4 is 5.32 Å². The van der Waals surface area contributed by atoms with Gasteiger partial charge in [-0.05, 0) is 41.0 Å². The number of carbonyl (C=O) groups excluding carboxylic acids is 2. The molecule has 0 aliphatic carbocycles. The Morgan fingerprint density at radius 1 is 0.970 bits per heavy atom. The number of benzene rings is 3. The highest BCUT2D eigenvalue weighted by atomic mass is 19.1. The average Bonchev–Trinajstić information content (AvgIpc) is 2.82. The molecule has 0 bridgehead atoms. The van der Waals surface area contributed by atoms with E-state index in [1.807, 2.05) is 54.6 Å². The smallest absolute Gasteiger partial charge is 0.322 e. The van der Waals surface area contributed by atoms with E-state index in [1.165, 1.54) is 29.2 Å². The van der Waals surface area contributed by atoms with E-state index in [-0.39, 0.29) is 42.9 Å². The summed E-state index contributed by atoms with van der Waals surface area (Å²) in [7, 11) is 0. The van der Waals surface area contributed by atoms with Crippen LogP contribution in [0.3, 0.4) is 0 Å². The fourth-order valence-electron chi connectivity index (χ4n) is 4.92. The van der Waals surface area contributed by atoms with Crippen molar-refractivity contribution in [2.24, 2.45) is 0 Å². The maximum absolute atomic E-state index is 13.1. The molecule has 0 radical (unpaired) electrons. The minimum Gasteiger partial charge on any atom is -0.394 e. The molecule has 3 atom stereocenters. The van der Waals surface area contributed by atoms with E-state index in [0.717, 1.165) is 16.7 Å². The van der Waals surface area contributed by atoms with Crippen LogP contribution in [0.15, 0.2) is 78.9 Å². The van der Waals surface area contributed by atoms with Crippen LogP contribution in [0.5, 0.6) is 0 Å². The third-order valence-corrected chi connectivity index (χ3v) is 6.54. The average molecular weight is 445 g/mol. The van der Waals surface area contributed by atoms with E-state index < -0.39 is 6.03 Å². The summed E-state index contributed by atoms with van der Waals surface area (Å²) >= 11 is 0. The Morgan fingerprint density at radius 2 is 1.64 bits per heavy atom. The number of amides is 3. The monoisotopic (exact) mass is 445 g/mol. The molecule has 2 aliphatic heterocycles. The molecule has 2 heterocycles. The Bertz CT molecular complexity index is 1150. The van der Waals surface area contributed by atoms with Gasteiger partial charge in [0, 0.05) is 18.2 Å². The van der Waals surface area contributed by atoms with Gasteiger partial charge in [0.25, 0.3) is 0 Å². The summed E-state index contributed by atoms with van der Waals surface area (Å²) < 4.78 is 13.1. The van der Waals surface area contributed by atoms with Crippen molar-refractivity contribution >= 4 is 17.6 Å². The van der Waals surface area contributed by atoms with Gasteiger partial charge in [0.2, 0.25) is 5.91 Å². The van der Waals surface area contributed by atoms with Crippen molar-refractivity contribution in [1.29, 1.82) is 0 Å². The molecular formula is C26H24FN3O3. The first-order valence-electron chi connectivity index (χ1n) is 10.9. The van der Waals surface area contributed by atoms with Crippen molar-refractivity contribution in [2.45, 2.75) is 18.0 Å². The maximum Gasteiger partial charge on any atom is 0.322 e. The number of halogens is 1. The highest BCUT2D eigenvalue weighted by molar-refractivity contribution is 5.93. The topological polar surface area (TPSA) is 72.9 Å². The molecule has 0 unspecified atom stereocenters. The van der Waals surface area contributed by atoms with Crippen LogP contribution in [0.4, 0.5) is 14.9 Å². The molecule has 3 aromatic carbocycles. The van der Waals surface area contributed by atoms with Gasteiger partial charge in [-0.3, -0.25) is 4.79 Å². The second-order valence-electron chi connectivity index (χ2n) is 8.45. The number of carbonyl (C=O) groups is 2. The Labute approximate surface area is 191 Å². The second-order valence-corrected chi connectivity index (χ2v) is 8.45. The molecule has 2 N–H and O–H groups in total. The van der Waals surface area contributed by atoms with Crippen LogP contribution in [0.1, 0.15) is 11.5 Å². The number of piperazine rings is 1. The predicted molar refractivity (Wildman–Crippen MR) is 123 cm³/mol. The number of aliphatic hydroxyl groups excluding tert-OH is 1. The molecule has 168 valence electrons. The van der Waals surface area contributed by atoms with Crippen LogP contribution in [-0.2, 0) is 4.79 Å². The summed E-state index contributed by atoms with van der Waals surface area (Å²) in [4.78, 5) is 28.8. The molecule has 5 rings (SSSR count). The molecule has 3 amide bonds. The van der Waals surface area contributed by atoms with Gasteiger partial charge in [-0.2, -0.15) is 0 Å². The lowest BCUT2D eigenvalue weighted by Gasteiger charge is -2.58. The lowest BCUT2D eigenvalue weighted by Crippen LogP contribution is -2.73. The van der Waals surface area contributed by atoms with Crippen molar-refractivity contribution in [1.82, 2.24) is 9.80 Å². The zero-order chi connectivity index (χ0) is 22.9. The number of aliphatic hydroxyl groups is 1. The van der Waals surface area contributed by atoms with Crippen LogP contribution in [-0.4, -0.2) is 58.6 Å². The zero-order valence-electron chi connectivity index (χ0n) is 17.9. The van der Waals surface area contributed by atoms with Gasteiger partial charge in [0.1, 0.15) is 12.4 Å². The van der Waals surface area contributed by atoms with Crippen molar-refractivity contribution in [3.63, 3.8) is 0 Å². The molecule has 2 saturated heterocycles. The molecule has 33 heavy (non-hydrogen) atoms. The molecule has 6 nitrogen and oxygen atoms in total. The van der Waals surface area contributed by atoms with Gasteiger partial charge in [0.15, 0.2) is 0 Å². The van der Waals surface area contributed by atoms with E-state index >= 15 is 0 Å². The van der Waals surface area contributed by atoms with Crippen LogP contribution in [0.25, 0.3) is 11.1 Å². The van der Waals surface area contributed by atoms with Gasteiger partial charge in [-0.15, -0.1) is 0 Å². The van der Waals surface area contributed by atoms with Crippen molar-refractivity contribution < 1.29 is 19.1 Å². The quantitative estimate of drug-likeness (QED) is 0.643. The third kappa shape index (κ3) is 3.96. The first-order chi connectivity index (χ1) is 16.0. The molecule has 2 aliphatic rings. The number of rotatable bonds is 4. The van der Waals surface area contributed by atoms with Crippen molar-refractivity contribution in [3.8, 4) is 11.1 Å². The fraction of sp³-hybridized carbons (Fsp3) is 0.231.